The summed E-state index contributed by atoms with van der Waals surface area (Å²) in [7, 11) is 0. The minimum Gasteiger partial charge on any atom is -0.306 e. The lowest BCUT2D eigenvalue weighted by atomic mass is 9.94. The number of piperidine rings is 1. The predicted octanol–water partition coefficient (Wildman–Crippen LogP) is 3.35. The summed E-state index contributed by atoms with van der Waals surface area (Å²) in [6.07, 6.45) is 5.40. The fraction of sp³-hybridized carbons (Fsp3) is 0.286. The lowest BCUT2D eigenvalue weighted by molar-refractivity contribution is 0.198. The van der Waals surface area contributed by atoms with Crippen LogP contribution in [0.3, 0.4) is 0 Å². The molecule has 2 aromatic heterocycles. The molecule has 1 aromatic carbocycles. The van der Waals surface area contributed by atoms with Gasteiger partial charge in [-0.05, 0) is 49.2 Å². The number of aromatic nitrogens is 3. The summed E-state index contributed by atoms with van der Waals surface area (Å²) in [5, 5.41) is 0. The first-order valence-electron chi connectivity index (χ1n) is 9.16. The van der Waals surface area contributed by atoms with Crippen LogP contribution in [0.2, 0.25) is 0 Å². The molecule has 0 amide bonds. The van der Waals surface area contributed by atoms with Gasteiger partial charge in [-0.15, -0.1) is 0 Å². The Balaban J connectivity index is 1.54. The van der Waals surface area contributed by atoms with Crippen molar-refractivity contribution < 1.29 is 4.39 Å². The molecule has 1 saturated heterocycles. The maximum Gasteiger partial charge on any atom is 0.251 e. The fourth-order valence-electron chi connectivity index (χ4n) is 3.66. The van der Waals surface area contributed by atoms with Gasteiger partial charge in [0.05, 0.1) is 5.69 Å². The van der Waals surface area contributed by atoms with Crippen LogP contribution in [0.25, 0.3) is 11.4 Å². The Bertz CT molecular complexity index is 973. The van der Waals surface area contributed by atoms with Gasteiger partial charge in [0.2, 0.25) is 0 Å². The average Bonchev–Trinajstić information content (AvgIpc) is 2.68. The summed E-state index contributed by atoms with van der Waals surface area (Å²) >= 11 is 0. The number of hydrogen-bond donors (Lipinski definition) is 1. The summed E-state index contributed by atoms with van der Waals surface area (Å²) in [6.45, 7) is 2.47. The van der Waals surface area contributed by atoms with Gasteiger partial charge in [-0.1, -0.05) is 12.1 Å². The quantitative estimate of drug-likeness (QED) is 0.771. The van der Waals surface area contributed by atoms with Crippen molar-refractivity contribution in [1.82, 2.24) is 19.9 Å². The van der Waals surface area contributed by atoms with Crippen molar-refractivity contribution in [2.45, 2.75) is 25.3 Å². The second-order valence-electron chi connectivity index (χ2n) is 6.96. The maximum atomic E-state index is 13.4. The third-order valence-corrected chi connectivity index (χ3v) is 4.92. The van der Waals surface area contributed by atoms with Gasteiger partial charge >= 0.3 is 0 Å². The molecule has 0 spiro atoms. The highest BCUT2D eigenvalue weighted by Gasteiger charge is 2.23. The van der Waals surface area contributed by atoms with Gasteiger partial charge < -0.3 is 4.98 Å². The standard InChI is InChI=1S/C21H21FN4O/c22-18-7-1-4-15(10-18)13-26-9-3-6-17(14-26)19-11-20(27)25-21(24-19)16-5-2-8-23-12-16/h1-2,4-5,7-8,10-12,17H,3,6,9,13-14H2,(H,24,25,27)/t17-/m0/s1. The van der Waals surface area contributed by atoms with Crippen molar-refractivity contribution in [3.8, 4) is 11.4 Å². The molecule has 27 heavy (non-hydrogen) atoms. The SMILES string of the molecule is O=c1cc([C@H]2CCCN(Cc3cccc(F)c3)C2)nc(-c2cccnc2)[nH]1. The number of hydrogen-bond acceptors (Lipinski definition) is 4. The highest BCUT2D eigenvalue weighted by Crippen LogP contribution is 2.27. The molecule has 138 valence electrons. The lowest BCUT2D eigenvalue weighted by Gasteiger charge is -2.32. The van der Waals surface area contributed by atoms with Crippen molar-refractivity contribution in [3.05, 3.63) is 82.3 Å². The Hall–Kier alpha value is -2.86. The largest absolute Gasteiger partial charge is 0.306 e. The van der Waals surface area contributed by atoms with E-state index in [2.05, 4.69) is 14.9 Å². The number of benzene rings is 1. The molecule has 0 aliphatic carbocycles. The smallest absolute Gasteiger partial charge is 0.251 e. The fourth-order valence-corrected chi connectivity index (χ4v) is 3.66. The third-order valence-electron chi connectivity index (χ3n) is 4.92. The first-order valence-corrected chi connectivity index (χ1v) is 9.16. The molecule has 1 atom stereocenters. The van der Waals surface area contributed by atoms with E-state index in [-0.39, 0.29) is 17.3 Å². The Morgan fingerprint density at radius 3 is 2.96 bits per heavy atom. The third kappa shape index (κ3) is 4.28. The van der Waals surface area contributed by atoms with Crippen LogP contribution in [0, 0.1) is 5.82 Å². The number of pyridine rings is 1. The number of rotatable bonds is 4. The van der Waals surface area contributed by atoms with Gasteiger partial charge in [0.1, 0.15) is 11.6 Å². The van der Waals surface area contributed by atoms with Gasteiger partial charge in [-0.25, -0.2) is 9.37 Å². The monoisotopic (exact) mass is 364 g/mol. The van der Waals surface area contributed by atoms with Gasteiger partial charge in [0.25, 0.3) is 5.56 Å². The molecule has 0 bridgehead atoms. The highest BCUT2D eigenvalue weighted by atomic mass is 19.1. The number of nitrogens with one attached hydrogen (secondary N) is 1. The van der Waals surface area contributed by atoms with E-state index >= 15 is 0 Å². The zero-order chi connectivity index (χ0) is 18.6. The van der Waals surface area contributed by atoms with E-state index in [4.69, 9.17) is 4.98 Å². The van der Waals surface area contributed by atoms with Gasteiger partial charge in [-0.2, -0.15) is 0 Å². The molecule has 3 aromatic rings. The van der Waals surface area contributed by atoms with Crippen LogP contribution >= 0.6 is 0 Å². The van der Waals surface area contributed by atoms with Gasteiger partial charge in [0.15, 0.2) is 0 Å². The summed E-state index contributed by atoms with van der Waals surface area (Å²) in [5.74, 6) is 0.524. The van der Waals surface area contributed by atoms with Crippen molar-refractivity contribution in [2.75, 3.05) is 13.1 Å². The molecule has 6 heteroatoms. The van der Waals surface area contributed by atoms with Crippen LogP contribution in [0.15, 0.2) is 59.7 Å². The number of H-pyrrole nitrogens is 1. The Morgan fingerprint density at radius 2 is 2.15 bits per heavy atom. The maximum absolute atomic E-state index is 13.4. The molecule has 0 saturated carbocycles. The number of likely N-dealkylation sites (tertiary alicyclic amines) is 1. The predicted molar refractivity (Wildman–Crippen MR) is 102 cm³/mol. The van der Waals surface area contributed by atoms with Crippen LogP contribution in [0.1, 0.15) is 30.0 Å². The van der Waals surface area contributed by atoms with E-state index in [9.17, 15) is 9.18 Å². The first-order chi connectivity index (χ1) is 13.2. The second-order valence-corrected chi connectivity index (χ2v) is 6.96. The highest BCUT2D eigenvalue weighted by molar-refractivity contribution is 5.52. The summed E-state index contributed by atoms with van der Waals surface area (Å²) in [4.78, 5) is 26.1. The Morgan fingerprint density at radius 1 is 1.22 bits per heavy atom. The van der Waals surface area contributed by atoms with Crippen molar-refractivity contribution in [3.63, 3.8) is 0 Å². The van der Waals surface area contributed by atoms with E-state index in [1.54, 1.807) is 30.6 Å². The average molecular weight is 364 g/mol. The van der Waals surface area contributed by atoms with Crippen LogP contribution in [-0.2, 0) is 6.54 Å². The molecule has 3 heterocycles. The van der Waals surface area contributed by atoms with E-state index in [1.807, 2.05) is 18.2 Å². The van der Waals surface area contributed by atoms with E-state index in [1.165, 1.54) is 6.07 Å². The zero-order valence-corrected chi connectivity index (χ0v) is 14.9. The van der Waals surface area contributed by atoms with Crippen molar-refractivity contribution in [1.29, 1.82) is 0 Å². The van der Waals surface area contributed by atoms with Gasteiger partial charge in [-0.3, -0.25) is 14.7 Å². The number of halogens is 1. The summed E-state index contributed by atoms with van der Waals surface area (Å²) in [6, 6.07) is 12.0. The minimum absolute atomic E-state index is 0.152. The number of aromatic amines is 1. The summed E-state index contributed by atoms with van der Waals surface area (Å²) in [5.41, 5.74) is 2.41. The second kappa shape index (κ2) is 7.80. The van der Waals surface area contributed by atoms with Crippen molar-refractivity contribution >= 4 is 0 Å². The molecule has 0 radical (unpaired) electrons. The van der Waals surface area contributed by atoms with Crippen molar-refractivity contribution in [2.24, 2.45) is 0 Å². The molecular formula is C21H21FN4O. The topological polar surface area (TPSA) is 61.9 Å². The van der Waals surface area contributed by atoms with Crippen LogP contribution < -0.4 is 5.56 Å². The molecule has 5 nitrogen and oxygen atoms in total. The Labute approximate surface area is 156 Å². The lowest BCUT2D eigenvalue weighted by Crippen LogP contribution is -2.34. The number of nitrogens with zero attached hydrogens (tertiary/aromatic N) is 3. The molecule has 1 fully saturated rings. The summed E-state index contributed by atoms with van der Waals surface area (Å²) < 4.78 is 13.4. The molecule has 1 aliphatic rings. The van der Waals surface area contributed by atoms with E-state index in [0.29, 0.717) is 12.4 Å². The zero-order valence-electron chi connectivity index (χ0n) is 14.9. The Kier molecular flexibility index (Phi) is 5.07. The molecular weight excluding hydrogens is 343 g/mol. The minimum atomic E-state index is -0.210. The molecule has 1 aliphatic heterocycles. The van der Waals surface area contributed by atoms with Crippen LogP contribution in [-0.4, -0.2) is 32.9 Å². The first kappa shape index (κ1) is 17.5. The van der Waals surface area contributed by atoms with Gasteiger partial charge in [0, 0.05) is 43.0 Å². The van der Waals surface area contributed by atoms with Crippen LogP contribution in [0.4, 0.5) is 4.39 Å². The molecule has 4 rings (SSSR count). The molecule has 0 unspecified atom stereocenters. The van der Waals surface area contributed by atoms with E-state index < -0.39 is 0 Å². The van der Waals surface area contributed by atoms with Crippen LogP contribution in [0.5, 0.6) is 0 Å². The normalized spacial score (nSPS) is 17.7. The van der Waals surface area contributed by atoms with E-state index in [0.717, 1.165) is 42.8 Å². The molecule has 1 N–H and O–H groups in total.